The van der Waals surface area contributed by atoms with Crippen LogP contribution in [0.15, 0.2) is 59.4 Å². The second kappa shape index (κ2) is 8.08. The summed E-state index contributed by atoms with van der Waals surface area (Å²) in [6.45, 7) is 3.77. The number of methoxy groups -OCH3 is 1. The molecule has 2 aromatic carbocycles. The number of pyridine rings is 1. The average molecular weight is 380 g/mol. The van der Waals surface area contributed by atoms with Gasteiger partial charge in [0, 0.05) is 12.2 Å². The molecule has 0 fully saturated rings. The van der Waals surface area contributed by atoms with E-state index in [1.54, 1.807) is 44.4 Å². The van der Waals surface area contributed by atoms with E-state index in [-0.39, 0.29) is 17.8 Å². The monoisotopic (exact) mass is 380 g/mol. The van der Waals surface area contributed by atoms with Gasteiger partial charge in [0.15, 0.2) is 0 Å². The lowest BCUT2D eigenvalue weighted by atomic mass is 10.1. The quantitative estimate of drug-likeness (QED) is 0.737. The first-order chi connectivity index (χ1) is 13.4. The Morgan fingerprint density at radius 3 is 2.46 bits per heavy atom. The number of nitrogens with one attached hydrogen (secondary N) is 1. The maximum atomic E-state index is 14.3. The molecule has 0 bridgehead atoms. The van der Waals surface area contributed by atoms with Crippen LogP contribution in [0.4, 0.5) is 4.39 Å². The van der Waals surface area contributed by atoms with E-state index in [0.717, 1.165) is 16.9 Å². The molecule has 0 aliphatic heterocycles. The van der Waals surface area contributed by atoms with Crippen molar-refractivity contribution in [3.63, 3.8) is 0 Å². The lowest BCUT2D eigenvalue weighted by Crippen LogP contribution is -2.33. The fraction of sp³-hybridized carbons (Fsp3) is 0.182. The summed E-state index contributed by atoms with van der Waals surface area (Å²) in [6, 6.07) is 14.9. The predicted molar refractivity (Wildman–Crippen MR) is 106 cm³/mol. The summed E-state index contributed by atoms with van der Waals surface area (Å²) in [7, 11) is 1.58. The number of amides is 1. The molecule has 0 aliphatic carbocycles. The first-order valence-electron chi connectivity index (χ1n) is 8.81. The molecule has 3 aromatic rings. The van der Waals surface area contributed by atoms with Gasteiger partial charge in [0.05, 0.1) is 12.8 Å². The minimum Gasteiger partial charge on any atom is -0.497 e. The van der Waals surface area contributed by atoms with Crippen molar-refractivity contribution >= 4 is 5.91 Å². The van der Waals surface area contributed by atoms with Crippen LogP contribution in [0.5, 0.6) is 5.75 Å². The van der Waals surface area contributed by atoms with Crippen LogP contribution in [0.2, 0.25) is 0 Å². The minimum atomic E-state index is -0.559. The summed E-state index contributed by atoms with van der Waals surface area (Å²) in [5.74, 6) is -0.314. The average Bonchev–Trinajstić information content (AvgIpc) is 2.69. The summed E-state index contributed by atoms with van der Waals surface area (Å²) in [4.78, 5) is 25.5. The van der Waals surface area contributed by atoms with Gasteiger partial charge >= 0.3 is 0 Å². The van der Waals surface area contributed by atoms with Crippen LogP contribution in [0, 0.1) is 19.7 Å². The van der Waals surface area contributed by atoms with Crippen molar-refractivity contribution in [3.8, 4) is 11.4 Å². The van der Waals surface area contributed by atoms with Gasteiger partial charge in [0.2, 0.25) is 0 Å². The third-order valence-electron chi connectivity index (χ3n) is 4.48. The Morgan fingerprint density at radius 2 is 1.79 bits per heavy atom. The second-order valence-corrected chi connectivity index (χ2v) is 6.51. The molecule has 1 amide bonds. The zero-order valence-corrected chi connectivity index (χ0v) is 16.0. The van der Waals surface area contributed by atoms with E-state index < -0.39 is 17.3 Å². The second-order valence-electron chi connectivity index (χ2n) is 6.51. The number of nitrogens with zero attached hydrogens (tertiary/aromatic N) is 1. The minimum absolute atomic E-state index is 0.0417. The van der Waals surface area contributed by atoms with Crippen LogP contribution in [0.25, 0.3) is 5.69 Å². The Morgan fingerprint density at radius 1 is 1.07 bits per heavy atom. The van der Waals surface area contributed by atoms with Crippen LogP contribution in [-0.4, -0.2) is 17.6 Å². The number of aryl methyl sites for hydroxylation is 2. The van der Waals surface area contributed by atoms with Gasteiger partial charge in [-0.05, 0) is 61.4 Å². The van der Waals surface area contributed by atoms with Crippen molar-refractivity contribution in [1.82, 2.24) is 9.88 Å². The summed E-state index contributed by atoms with van der Waals surface area (Å²) in [6.07, 6.45) is 0. The Bertz CT molecular complexity index is 1070. The fourth-order valence-electron chi connectivity index (χ4n) is 2.92. The number of halogens is 1. The molecule has 0 aliphatic rings. The smallest absolute Gasteiger partial charge is 0.268 e. The topological polar surface area (TPSA) is 60.3 Å². The molecule has 0 radical (unpaired) electrons. The molecule has 5 nitrogen and oxygen atoms in total. The van der Waals surface area contributed by atoms with Gasteiger partial charge in [-0.2, -0.15) is 0 Å². The molecule has 0 spiro atoms. The van der Waals surface area contributed by atoms with Crippen molar-refractivity contribution in [1.29, 1.82) is 0 Å². The molecular formula is C22H21FN2O3. The van der Waals surface area contributed by atoms with E-state index in [0.29, 0.717) is 5.69 Å². The predicted octanol–water partition coefficient (Wildman–Crippen LogP) is 3.53. The van der Waals surface area contributed by atoms with Crippen molar-refractivity contribution in [2.45, 2.75) is 20.4 Å². The van der Waals surface area contributed by atoms with E-state index in [2.05, 4.69) is 5.32 Å². The maximum Gasteiger partial charge on any atom is 0.268 e. The third kappa shape index (κ3) is 3.96. The Balaban J connectivity index is 1.89. The molecule has 144 valence electrons. The van der Waals surface area contributed by atoms with Crippen LogP contribution < -0.4 is 15.6 Å². The van der Waals surface area contributed by atoms with Crippen LogP contribution in [0.3, 0.4) is 0 Å². The van der Waals surface area contributed by atoms with Gasteiger partial charge in [-0.25, -0.2) is 4.39 Å². The number of ether oxygens (including phenoxy) is 1. The molecule has 28 heavy (non-hydrogen) atoms. The van der Waals surface area contributed by atoms with E-state index in [1.807, 2.05) is 19.1 Å². The normalized spacial score (nSPS) is 10.6. The van der Waals surface area contributed by atoms with Crippen molar-refractivity contribution in [2.24, 2.45) is 0 Å². The highest BCUT2D eigenvalue weighted by Gasteiger charge is 2.16. The van der Waals surface area contributed by atoms with Gasteiger partial charge in [0.1, 0.15) is 17.1 Å². The lowest BCUT2D eigenvalue weighted by Gasteiger charge is -2.13. The first-order valence-corrected chi connectivity index (χ1v) is 8.81. The number of hydrogen-bond donors (Lipinski definition) is 1. The van der Waals surface area contributed by atoms with Crippen LogP contribution in [0.1, 0.15) is 27.2 Å². The molecule has 0 unspecified atom stereocenters. The summed E-state index contributed by atoms with van der Waals surface area (Å²) in [5, 5.41) is 2.73. The molecule has 1 heterocycles. The fourth-order valence-corrected chi connectivity index (χ4v) is 2.92. The lowest BCUT2D eigenvalue weighted by molar-refractivity contribution is 0.0949. The van der Waals surface area contributed by atoms with Gasteiger partial charge in [-0.15, -0.1) is 0 Å². The highest BCUT2D eigenvalue weighted by molar-refractivity contribution is 5.93. The van der Waals surface area contributed by atoms with Gasteiger partial charge < -0.3 is 10.1 Å². The van der Waals surface area contributed by atoms with Gasteiger partial charge in [0.25, 0.3) is 11.5 Å². The van der Waals surface area contributed by atoms with E-state index >= 15 is 0 Å². The molecule has 1 aromatic heterocycles. The standard InChI is InChI=1S/C22H21FN2O3/c1-14-4-11-19(23)20(12-14)25-15(2)5-10-18(22(25)27)21(26)24-13-16-6-8-17(28-3)9-7-16/h4-12H,13H2,1-3H3,(H,24,26). The first kappa shape index (κ1) is 19.4. The zero-order chi connectivity index (χ0) is 20.3. The van der Waals surface area contributed by atoms with Crippen LogP contribution in [-0.2, 0) is 6.54 Å². The Labute approximate surface area is 162 Å². The molecule has 3 rings (SSSR count). The van der Waals surface area contributed by atoms with Gasteiger partial charge in [-0.3, -0.25) is 14.2 Å². The highest BCUT2D eigenvalue weighted by atomic mass is 19.1. The maximum absolute atomic E-state index is 14.3. The zero-order valence-electron chi connectivity index (χ0n) is 16.0. The number of hydrogen-bond acceptors (Lipinski definition) is 3. The van der Waals surface area contributed by atoms with Crippen LogP contribution >= 0.6 is 0 Å². The summed E-state index contributed by atoms with van der Waals surface area (Å²) in [5.41, 5.74) is 1.76. The third-order valence-corrected chi connectivity index (χ3v) is 4.48. The number of benzene rings is 2. The van der Waals surface area contributed by atoms with E-state index in [1.165, 1.54) is 16.7 Å². The Hall–Kier alpha value is -3.41. The number of carbonyl (C=O) groups is 1. The molecule has 1 N–H and O–H groups in total. The number of aromatic nitrogens is 1. The molecule has 0 saturated carbocycles. The Kier molecular flexibility index (Phi) is 5.59. The number of carbonyl (C=O) groups excluding carboxylic acids is 1. The molecule has 6 heteroatoms. The van der Waals surface area contributed by atoms with Crippen molar-refractivity contribution in [2.75, 3.05) is 7.11 Å². The molecular weight excluding hydrogens is 359 g/mol. The van der Waals surface area contributed by atoms with Gasteiger partial charge in [-0.1, -0.05) is 18.2 Å². The largest absolute Gasteiger partial charge is 0.497 e. The molecule has 0 atom stereocenters. The van der Waals surface area contributed by atoms with Crippen molar-refractivity contribution < 1.29 is 13.9 Å². The highest BCUT2D eigenvalue weighted by Crippen LogP contribution is 2.16. The summed E-state index contributed by atoms with van der Waals surface area (Å²) >= 11 is 0. The van der Waals surface area contributed by atoms with Crippen molar-refractivity contribution in [3.05, 3.63) is 93.2 Å². The number of rotatable bonds is 5. The van der Waals surface area contributed by atoms with E-state index in [9.17, 15) is 14.0 Å². The summed E-state index contributed by atoms with van der Waals surface area (Å²) < 4.78 is 20.6. The SMILES string of the molecule is COc1ccc(CNC(=O)c2ccc(C)n(-c3cc(C)ccc3F)c2=O)cc1. The molecule has 0 saturated heterocycles. The van der Waals surface area contributed by atoms with E-state index in [4.69, 9.17) is 4.74 Å².